The van der Waals surface area contributed by atoms with Crippen LogP contribution < -0.4 is 0 Å². The number of esters is 2. The molecule has 0 radical (unpaired) electrons. The minimum atomic E-state index is -0.306. The van der Waals surface area contributed by atoms with E-state index < -0.39 is 0 Å². The number of rotatable bonds is 15. The number of carbonyl (C=O) groups excluding carboxylic acids is 2. The van der Waals surface area contributed by atoms with E-state index in [2.05, 4.69) is 6.92 Å². The van der Waals surface area contributed by atoms with Crippen LogP contribution in [-0.4, -0.2) is 24.6 Å². The summed E-state index contributed by atoms with van der Waals surface area (Å²) in [5, 5.41) is 0. The minimum absolute atomic E-state index is 0.0640. The molecule has 0 saturated heterocycles. The first-order valence-electron chi connectivity index (χ1n) is 9.86. The Bertz CT molecular complexity index is 326. The Kier molecular flexibility index (Phi) is 14.8. The highest BCUT2D eigenvalue weighted by atomic mass is 16.5. The molecule has 1 atom stereocenters. The van der Waals surface area contributed by atoms with Crippen LogP contribution in [-0.2, 0) is 19.1 Å². The Labute approximate surface area is 148 Å². The topological polar surface area (TPSA) is 52.6 Å². The molecule has 142 valence electrons. The van der Waals surface area contributed by atoms with Gasteiger partial charge in [-0.2, -0.15) is 0 Å². The Morgan fingerprint density at radius 2 is 1.33 bits per heavy atom. The fourth-order valence-electron chi connectivity index (χ4n) is 2.62. The lowest BCUT2D eigenvalue weighted by Crippen LogP contribution is -2.23. The summed E-state index contributed by atoms with van der Waals surface area (Å²) >= 11 is 0. The zero-order chi connectivity index (χ0) is 18.2. The van der Waals surface area contributed by atoms with Gasteiger partial charge in [-0.3, -0.25) is 9.59 Å². The van der Waals surface area contributed by atoms with E-state index in [1.165, 1.54) is 38.5 Å². The maximum atomic E-state index is 11.7. The van der Waals surface area contributed by atoms with Gasteiger partial charge in [0.05, 0.1) is 19.4 Å². The fraction of sp³-hybridized carbons (Fsp3) is 0.900. The molecular formula is C20H38O4. The predicted molar refractivity (Wildman–Crippen MR) is 97.8 cm³/mol. The molecule has 0 heterocycles. The molecule has 1 unspecified atom stereocenters. The molecule has 24 heavy (non-hydrogen) atoms. The second-order valence-corrected chi connectivity index (χ2v) is 6.88. The molecular weight excluding hydrogens is 304 g/mol. The van der Waals surface area contributed by atoms with Gasteiger partial charge < -0.3 is 9.47 Å². The molecule has 0 aromatic carbocycles. The fourth-order valence-corrected chi connectivity index (χ4v) is 2.62. The van der Waals surface area contributed by atoms with E-state index in [1.54, 1.807) is 0 Å². The van der Waals surface area contributed by atoms with Crippen molar-refractivity contribution in [2.75, 3.05) is 6.61 Å². The van der Waals surface area contributed by atoms with Crippen LogP contribution in [0.4, 0.5) is 0 Å². The van der Waals surface area contributed by atoms with Crippen LogP contribution in [0.2, 0.25) is 0 Å². The lowest BCUT2D eigenvalue weighted by molar-refractivity contribution is -0.155. The van der Waals surface area contributed by atoms with Crippen LogP contribution in [0.5, 0.6) is 0 Å². The maximum absolute atomic E-state index is 11.7. The highest BCUT2D eigenvalue weighted by Gasteiger charge is 2.17. The van der Waals surface area contributed by atoms with E-state index in [-0.39, 0.29) is 30.9 Å². The summed E-state index contributed by atoms with van der Waals surface area (Å²) in [5.41, 5.74) is 0. The zero-order valence-corrected chi connectivity index (χ0v) is 16.3. The van der Waals surface area contributed by atoms with Gasteiger partial charge in [0, 0.05) is 0 Å². The van der Waals surface area contributed by atoms with Gasteiger partial charge >= 0.3 is 11.9 Å². The molecule has 0 aliphatic carbocycles. The largest absolute Gasteiger partial charge is 0.466 e. The van der Waals surface area contributed by atoms with Crippen molar-refractivity contribution >= 4 is 11.9 Å². The summed E-state index contributed by atoms with van der Waals surface area (Å²) in [5.74, 6) is -0.306. The molecule has 0 aliphatic rings. The summed E-state index contributed by atoms with van der Waals surface area (Å²) in [6, 6.07) is 0. The molecule has 0 saturated carbocycles. The van der Waals surface area contributed by atoms with Crippen molar-refractivity contribution in [1.29, 1.82) is 0 Å². The average Bonchev–Trinajstić information content (AvgIpc) is 2.56. The van der Waals surface area contributed by atoms with Crippen LogP contribution in [0.25, 0.3) is 0 Å². The summed E-state index contributed by atoms with van der Waals surface area (Å²) in [6.07, 6.45) is 10.7. The summed E-state index contributed by atoms with van der Waals surface area (Å²) in [7, 11) is 0. The van der Waals surface area contributed by atoms with E-state index in [1.807, 2.05) is 20.8 Å². The first-order chi connectivity index (χ1) is 11.5. The summed E-state index contributed by atoms with van der Waals surface area (Å²) in [6.45, 7) is 8.74. The first kappa shape index (κ1) is 22.9. The van der Waals surface area contributed by atoms with Gasteiger partial charge in [-0.1, -0.05) is 72.6 Å². The Balaban J connectivity index is 3.54. The van der Waals surface area contributed by atoms with Crippen LogP contribution in [0.3, 0.4) is 0 Å². The third kappa shape index (κ3) is 13.4. The van der Waals surface area contributed by atoms with Crippen LogP contribution >= 0.6 is 0 Å². The third-order valence-electron chi connectivity index (χ3n) is 4.22. The SMILES string of the molecule is CCCCCCCCCCOC(=O)CCC(=O)OC(CC)C(C)C. The van der Waals surface area contributed by atoms with Crippen molar-refractivity contribution in [1.82, 2.24) is 0 Å². The van der Waals surface area contributed by atoms with Crippen LogP contribution in [0.15, 0.2) is 0 Å². The van der Waals surface area contributed by atoms with Gasteiger partial charge in [-0.25, -0.2) is 0 Å². The first-order valence-corrected chi connectivity index (χ1v) is 9.86. The second-order valence-electron chi connectivity index (χ2n) is 6.88. The highest BCUT2D eigenvalue weighted by Crippen LogP contribution is 2.12. The van der Waals surface area contributed by atoms with Crippen molar-refractivity contribution in [3.8, 4) is 0 Å². The van der Waals surface area contributed by atoms with E-state index in [0.717, 1.165) is 19.3 Å². The standard InChI is InChI=1S/C20H38O4/c1-5-7-8-9-10-11-12-13-16-23-19(21)14-15-20(22)24-18(6-2)17(3)4/h17-18H,5-16H2,1-4H3. The molecule has 0 aromatic heterocycles. The van der Waals surface area contributed by atoms with Crippen molar-refractivity contribution in [3.05, 3.63) is 0 Å². The summed E-state index contributed by atoms with van der Waals surface area (Å²) < 4.78 is 10.5. The van der Waals surface area contributed by atoms with Crippen molar-refractivity contribution in [2.24, 2.45) is 5.92 Å². The number of hydrogen-bond acceptors (Lipinski definition) is 4. The highest BCUT2D eigenvalue weighted by molar-refractivity contribution is 5.77. The van der Waals surface area contributed by atoms with Gasteiger partial charge in [0.1, 0.15) is 6.10 Å². The zero-order valence-electron chi connectivity index (χ0n) is 16.3. The lowest BCUT2D eigenvalue weighted by atomic mass is 10.1. The van der Waals surface area contributed by atoms with Crippen molar-refractivity contribution in [3.63, 3.8) is 0 Å². The van der Waals surface area contributed by atoms with E-state index in [4.69, 9.17) is 9.47 Å². The monoisotopic (exact) mass is 342 g/mol. The van der Waals surface area contributed by atoms with E-state index in [9.17, 15) is 9.59 Å². The lowest BCUT2D eigenvalue weighted by Gasteiger charge is -2.19. The normalized spacial score (nSPS) is 12.2. The molecule has 0 bridgehead atoms. The molecule has 0 N–H and O–H groups in total. The Morgan fingerprint density at radius 1 is 0.792 bits per heavy atom. The maximum Gasteiger partial charge on any atom is 0.306 e. The van der Waals surface area contributed by atoms with Gasteiger partial charge in [0.25, 0.3) is 0 Å². The molecule has 0 rings (SSSR count). The Morgan fingerprint density at radius 3 is 1.88 bits per heavy atom. The molecule has 0 spiro atoms. The van der Waals surface area contributed by atoms with Gasteiger partial charge in [-0.05, 0) is 18.8 Å². The van der Waals surface area contributed by atoms with Crippen LogP contribution in [0, 0.1) is 5.92 Å². The van der Waals surface area contributed by atoms with Gasteiger partial charge in [-0.15, -0.1) is 0 Å². The molecule has 0 amide bonds. The molecule has 4 nitrogen and oxygen atoms in total. The second kappa shape index (κ2) is 15.5. The number of ether oxygens (including phenoxy) is 2. The third-order valence-corrected chi connectivity index (χ3v) is 4.22. The molecule has 0 aliphatic heterocycles. The Hall–Kier alpha value is -1.06. The van der Waals surface area contributed by atoms with E-state index in [0.29, 0.717) is 12.5 Å². The van der Waals surface area contributed by atoms with Crippen LogP contribution in [0.1, 0.15) is 98.3 Å². The predicted octanol–water partition coefficient (Wildman–Crippen LogP) is 5.43. The van der Waals surface area contributed by atoms with Crippen molar-refractivity contribution in [2.45, 2.75) is 104 Å². The molecule has 4 heteroatoms. The average molecular weight is 343 g/mol. The number of hydrogen-bond donors (Lipinski definition) is 0. The number of carbonyl (C=O) groups is 2. The summed E-state index contributed by atoms with van der Waals surface area (Å²) in [4.78, 5) is 23.3. The molecule has 0 aromatic rings. The molecule has 0 fully saturated rings. The van der Waals surface area contributed by atoms with E-state index >= 15 is 0 Å². The van der Waals surface area contributed by atoms with Crippen molar-refractivity contribution < 1.29 is 19.1 Å². The smallest absolute Gasteiger partial charge is 0.306 e. The van der Waals surface area contributed by atoms with Gasteiger partial charge in [0.2, 0.25) is 0 Å². The number of unbranched alkanes of at least 4 members (excludes halogenated alkanes) is 7. The quantitative estimate of drug-likeness (QED) is 0.294. The van der Waals surface area contributed by atoms with Gasteiger partial charge in [0.15, 0.2) is 0 Å². The minimum Gasteiger partial charge on any atom is -0.466 e.